The Morgan fingerprint density at radius 1 is 1.40 bits per heavy atom. The Hall–Kier alpha value is -1.42. The van der Waals surface area contributed by atoms with Crippen LogP contribution >= 0.6 is 0 Å². The van der Waals surface area contributed by atoms with Crippen LogP contribution in [-0.4, -0.2) is 32.4 Å². The monoisotopic (exact) mass is 278 g/mol. The molecule has 1 fully saturated rings. The van der Waals surface area contributed by atoms with E-state index in [0.717, 1.165) is 56.1 Å². The number of nitrogen functional groups attached to an aromatic ring is 1. The maximum Gasteiger partial charge on any atom is 0.144 e. The molecule has 1 aromatic rings. The molecule has 4 nitrogen and oxygen atoms in total. The van der Waals surface area contributed by atoms with E-state index in [9.17, 15) is 0 Å². The van der Waals surface area contributed by atoms with Crippen LogP contribution in [0.15, 0.2) is 18.2 Å². The summed E-state index contributed by atoms with van der Waals surface area (Å²) in [7, 11) is 0. The van der Waals surface area contributed by atoms with Gasteiger partial charge in [-0.1, -0.05) is 13.0 Å². The molecule has 2 N–H and O–H groups in total. The molecule has 1 saturated heterocycles. The number of ether oxygens (including phenoxy) is 2. The lowest BCUT2D eigenvalue weighted by Crippen LogP contribution is -2.32. The second kappa shape index (κ2) is 7.39. The van der Waals surface area contributed by atoms with Gasteiger partial charge in [0.2, 0.25) is 0 Å². The van der Waals surface area contributed by atoms with E-state index in [1.807, 2.05) is 12.1 Å². The minimum atomic E-state index is 0.328. The highest BCUT2D eigenvalue weighted by molar-refractivity contribution is 5.74. The lowest BCUT2D eigenvalue weighted by atomic mass is 10.2. The van der Waals surface area contributed by atoms with E-state index in [-0.39, 0.29) is 0 Å². The van der Waals surface area contributed by atoms with Gasteiger partial charge < -0.3 is 20.1 Å². The fourth-order valence-electron chi connectivity index (χ4n) is 2.58. The Kier molecular flexibility index (Phi) is 5.53. The van der Waals surface area contributed by atoms with Crippen LogP contribution < -0.4 is 15.4 Å². The third kappa shape index (κ3) is 3.57. The first-order valence-corrected chi connectivity index (χ1v) is 7.64. The molecule has 0 amide bonds. The zero-order valence-electron chi connectivity index (χ0n) is 12.6. The van der Waals surface area contributed by atoms with Gasteiger partial charge in [-0.3, -0.25) is 0 Å². The van der Waals surface area contributed by atoms with Crippen molar-refractivity contribution in [2.45, 2.75) is 39.2 Å². The smallest absolute Gasteiger partial charge is 0.144 e. The normalized spacial score (nSPS) is 18.2. The van der Waals surface area contributed by atoms with Gasteiger partial charge in [-0.15, -0.1) is 0 Å². The minimum Gasteiger partial charge on any atom is -0.491 e. The SMILES string of the molecule is CCCOc1cccc(N(CC)CC2CCCO2)c1N. The average molecular weight is 278 g/mol. The Labute approximate surface area is 121 Å². The number of likely N-dealkylation sites (N-methyl/N-ethyl adjacent to an activating group) is 1. The summed E-state index contributed by atoms with van der Waals surface area (Å²) in [6, 6.07) is 6.01. The highest BCUT2D eigenvalue weighted by atomic mass is 16.5. The van der Waals surface area contributed by atoms with E-state index in [2.05, 4.69) is 24.8 Å². The van der Waals surface area contributed by atoms with Gasteiger partial charge in [0.1, 0.15) is 5.75 Å². The van der Waals surface area contributed by atoms with Gasteiger partial charge in [0.25, 0.3) is 0 Å². The molecule has 1 atom stereocenters. The summed E-state index contributed by atoms with van der Waals surface area (Å²) >= 11 is 0. The van der Waals surface area contributed by atoms with Crippen LogP contribution in [0.5, 0.6) is 5.75 Å². The van der Waals surface area contributed by atoms with Crippen LogP contribution in [-0.2, 0) is 4.74 Å². The van der Waals surface area contributed by atoms with Gasteiger partial charge >= 0.3 is 0 Å². The zero-order valence-corrected chi connectivity index (χ0v) is 12.6. The first kappa shape index (κ1) is 15.0. The first-order chi connectivity index (χ1) is 9.76. The Morgan fingerprint density at radius 2 is 2.25 bits per heavy atom. The molecule has 0 spiro atoms. The summed E-state index contributed by atoms with van der Waals surface area (Å²) in [6.45, 7) is 7.64. The summed E-state index contributed by atoms with van der Waals surface area (Å²) in [6.07, 6.45) is 3.62. The predicted molar refractivity (Wildman–Crippen MR) is 83.5 cm³/mol. The van der Waals surface area contributed by atoms with E-state index < -0.39 is 0 Å². The Balaban J connectivity index is 2.11. The van der Waals surface area contributed by atoms with Crippen LogP contribution in [0.25, 0.3) is 0 Å². The zero-order chi connectivity index (χ0) is 14.4. The maximum atomic E-state index is 6.27. The third-order valence-electron chi connectivity index (χ3n) is 3.68. The Bertz CT molecular complexity index is 417. The van der Waals surface area contributed by atoms with Gasteiger partial charge in [-0.05, 0) is 38.3 Å². The lowest BCUT2D eigenvalue weighted by Gasteiger charge is -2.28. The number of rotatable bonds is 7. The molecule has 1 unspecified atom stereocenters. The van der Waals surface area contributed by atoms with Crippen molar-refractivity contribution < 1.29 is 9.47 Å². The summed E-state index contributed by atoms with van der Waals surface area (Å²) in [5.74, 6) is 0.787. The Morgan fingerprint density at radius 3 is 2.90 bits per heavy atom. The minimum absolute atomic E-state index is 0.328. The van der Waals surface area contributed by atoms with E-state index in [4.69, 9.17) is 15.2 Å². The van der Waals surface area contributed by atoms with Gasteiger partial charge in [0.15, 0.2) is 0 Å². The fraction of sp³-hybridized carbons (Fsp3) is 0.625. The van der Waals surface area contributed by atoms with Gasteiger partial charge in [0.05, 0.1) is 24.1 Å². The molecular formula is C16H26N2O2. The number of benzene rings is 1. The maximum absolute atomic E-state index is 6.27. The number of para-hydroxylation sites is 1. The van der Waals surface area contributed by atoms with E-state index in [0.29, 0.717) is 12.7 Å². The van der Waals surface area contributed by atoms with E-state index in [1.165, 1.54) is 0 Å². The van der Waals surface area contributed by atoms with Gasteiger partial charge in [-0.25, -0.2) is 0 Å². The highest BCUT2D eigenvalue weighted by Crippen LogP contribution is 2.33. The van der Waals surface area contributed by atoms with Crippen molar-refractivity contribution in [3.63, 3.8) is 0 Å². The second-order valence-electron chi connectivity index (χ2n) is 5.21. The van der Waals surface area contributed by atoms with Crippen molar-refractivity contribution in [1.29, 1.82) is 0 Å². The molecule has 2 rings (SSSR count). The van der Waals surface area contributed by atoms with Crippen LogP contribution in [0.1, 0.15) is 33.1 Å². The van der Waals surface area contributed by atoms with Crippen molar-refractivity contribution in [3.05, 3.63) is 18.2 Å². The molecule has 0 aliphatic carbocycles. The third-order valence-corrected chi connectivity index (χ3v) is 3.68. The van der Waals surface area contributed by atoms with Gasteiger partial charge in [-0.2, -0.15) is 0 Å². The van der Waals surface area contributed by atoms with Crippen molar-refractivity contribution in [2.24, 2.45) is 0 Å². The van der Waals surface area contributed by atoms with Crippen LogP contribution in [0.3, 0.4) is 0 Å². The summed E-state index contributed by atoms with van der Waals surface area (Å²) in [5, 5.41) is 0. The van der Waals surface area contributed by atoms with Crippen LogP contribution in [0.4, 0.5) is 11.4 Å². The molecule has 0 aromatic heterocycles. The summed E-state index contributed by atoms with van der Waals surface area (Å²) < 4.78 is 11.4. The number of hydrogen-bond acceptors (Lipinski definition) is 4. The second-order valence-corrected chi connectivity index (χ2v) is 5.21. The quantitative estimate of drug-likeness (QED) is 0.779. The van der Waals surface area contributed by atoms with Crippen molar-refractivity contribution in [2.75, 3.05) is 36.9 Å². The van der Waals surface area contributed by atoms with E-state index >= 15 is 0 Å². The van der Waals surface area contributed by atoms with Crippen LogP contribution in [0, 0.1) is 0 Å². The molecule has 1 heterocycles. The average Bonchev–Trinajstić information content (AvgIpc) is 2.97. The van der Waals surface area contributed by atoms with Crippen molar-refractivity contribution in [1.82, 2.24) is 0 Å². The fourth-order valence-corrected chi connectivity index (χ4v) is 2.58. The highest BCUT2D eigenvalue weighted by Gasteiger charge is 2.20. The molecular weight excluding hydrogens is 252 g/mol. The molecule has 0 bridgehead atoms. The lowest BCUT2D eigenvalue weighted by molar-refractivity contribution is 0.116. The molecule has 1 aliphatic heterocycles. The molecule has 20 heavy (non-hydrogen) atoms. The number of nitrogens with zero attached hydrogens (tertiary/aromatic N) is 1. The molecule has 1 aliphatic rings. The number of nitrogens with two attached hydrogens (primary N) is 1. The molecule has 4 heteroatoms. The standard InChI is InChI=1S/C16H26N2O2/c1-3-10-20-15-9-5-8-14(16(15)17)18(4-2)12-13-7-6-11-19-13/h5,8-9,13H,3-4,6-7,10-12,17H2,1-2H3. The van der Waals surface area contributed by atoms with E-state index in [1.54, 1.807) is 0 Å². The molecule has 1 aromatic carbocycles. The molecule has 0 saturated carbocycles. The largest absolute Gasteiger partial charge is 0.491 e. The molecule has 112 valence electrons. The summed E-state index contributed by atoms with van der Waals surface area (Å²) in [4.78, 5) is 2.28. The number of anilines is 2. The van der Waals surface area contributed by atoms with Gasteiger partial charge in [0, 0.05) is 19.7 Å². The van der Waals surface area contributed by atoms with Crippen molar-refractivity contribution in [3.8, 4) is 5.75 Å². The predicted octanol–water partition coefficient (Wildman–Crippen LogP) is 3.06. The summed E-state index contributed by atoms with van der Waals surface area (Å²) in [5.41, 5.74) is 8.06. The van der Waals surface area contributed by atoms with Crippen molar-refractivity contribution >= 4 is 11.4 Å². The van der Waals surface area contributed by atoms with Crippen LogP contribution in [0.2, 0.25) is 0 Å². The number of hydrogen-bond donors (Lipinski definition) is 1. The first-order valence-electron chi connectivity index (χ1n) is 7.64. The molecule has 0 radical (unpaired) electrons. The topological polar surface area (TPSA) is 47.7 Å².